The van der Waals surface area contributed by atoms with Gasteiger partial charge in [-0.2, -0.15) is 0 Å². The van der Waals surface area contributed by atoms with E-state index in [9.17, 15) is 0 Å². The van der Waals surface area contributed by atoms with E-state index in [1.165, 1.54) is 17.5 Å². The summed E-state index contributed by atoms with van der Waals surface area (Å²) in [5.74, 6) is 0. The summed E-state index contributed by atoms with van der Waals surface area (Å²) >= 11 is 0. The number of likely N-dealkylation sites (tertiary alicyclic amines) is 1. The molecule has 0 aliphatic carbocycles. The second kappa shape index (κ2) is 7.29. The van der Waals surface area contributed by atoms with Crippen LogP contribution in [-0.4, -0.2) is 23.1 Å². The van der Waals surface area contributed by atoms with Gasteiger partial charge in [-0.1, -0.05) is 60.7 Å². The Morgan fingerprint density at radius 1 is 0.957 bits per heavy atom. The molecule has 0 amide bonds. The largest absolute Gasteiger partial charge is 0.372 e. The molecule has 2 aromatic carbocycles. The van der Waals surface area contributed by atoms with Crippen molar-refractivity contribution in [3.8, 4) is 0 Å². The van der Waals surface area contributed by atoms with Gasteiger partial charge in [0.15, 0.2) is 0 Å². The molecule has 1 heterocycles. The third-order valence-electron chi connectivity index (χ3n) is 4.90. The summed E-state index contributed by atoms with van der Waals surface area (Å²) in [6.07, 6.45) is 2.65. The number of rotatable bonds is 5. The lowest BCUT2D eigenvalue weighted by molar-refractivity contribution is -0.0552. The molecule has 1 aliphatic rings. The quantitative estimate of drug-likeness (QED) is 0.797. The van der Waals surface area contributed by atoms with Crippen LogP contribution in [0.1, 0.15) is 37.8 Å². The third-order valence-corrected chi connectivity index (χ3v) is 4.90. The van der Waals surface area contributed by atoms with Gasteiger partial charge < -0.3 is 4.74 Å². The first kappa shape index (κ1) is 16.2. The van der Waals surface area contributed by atoms with E-state index in [0.717, 1.165) is 19.5 Å². The van der Waals surface area contributed by atoms with E-state index < -0.39 is 0 Å². The first-order valence-corrected chi connectivity index (χ1v) is 8.58. The van der Waals surface area contributed by atoms with Crippen LogP contribution in [0, 0.1) is 0 Å². The van der Waals surface area contributed by atoms with E-state index >= 15 is 0 Å². The van der Waals surface area contributed by atoms with Crippen molar-refractivity contribution in [2.24, 2.45) is 0 Å². The van der Waals surface area contributed by atoms with E-state index in [1.807, 2.05) is 6.07 Å². The number of nitrogens with zero attached hydrogens (tertiary/aromatic N) is 1. The van der Waals surface area contributed by atoms with Gasteiger partial charge in [-0.3, -0.25) is 4.90 Å². The van der Waals surface area contributed by atoms with Crippen molar-refractivity contribution in [1.29, 1.82) is 0 Å². The number of hydrogen-bond donors (Lipinski definition) is 0. The van der Waals surface area contributed by atoms with Crippen LogP contribution >= 0.6 is 0 Å². The molecule has 2 aromatic rings. The first-order valence-electron chi connectivity index (χ1n) is 8.58. The van der Waals surface area contributed by atoms with E-state index in [4.69, 9.17) is 4.74 Å². The van der Waals surface area contributed by atoms with E-state index in [0.29, 0.717) is 12.7 Å². The van der Waals surface area contributed by atoms with Crippen LogP contribution in [0.3, 0.4) is 0 Å². The van der Waals surface area contributed by atoms with Crippen LogP contribution in [0.25, 0.3) is 0 Å². The maximum absolute atomic E-state index is 6.19. The summed E-state index contributed by atoms with van der Waals surface area (Å²) in [7, 11) is 0. The molecule has 1 atom stereocenters. The molecule has 0 saturated carbocycles. The summed E-state index contributed by atoms with van der Waals surface area (Å²) < 4.78 is 6.19. The Morgan fingerprint density at radius 3 is 2.22 bits per heavy atom. The van der Waals surface area contributed by atoms with Crippen LogP contribution in [0.15, 0.2) is 60.7 Å². The fourth-order valence-electron chi connectivity index (χ4n) is 3.26. The van der Waals surface area contributed by atoms with Gasteiger partial charge in [-0.25, -0.2) is 0 Å². The Bertz CT molecular complexity index is 594. The van der Waals surface area contributed by atoms with Gasteiger partial charge in [-0.15, -0.1) is 0 Å². The molecule has 0 bridgehead atoms. The maximum Gasteiger partial charge on any atom is 0.0721 e. The maximum atomic E-state index is 6.19. The molecule has 122 valence electrons. The average Bonchev–Trinajstić information content (AvgIpc) is 2.57. The molecular formula is C21H27NO. The van der Waals surface area contributed by atoms with Crippen LogP contribution in [0.2, 0.25) is 0 Å². The molecule has 2 heteroatoms. The van der Waals surface area contributed by atoms with Crippen molar-refractivity contribution in [2.45, 2.75) is 51.5 Å². The van der Waals surface area contributed by atoms with Crippen LogP contribution in [-0.2, 0) is 17.9 Å². The predicted octanol–water partition coefficient (Wildman–Crippen LogP) is 4.65. The van der Waals surface area contributed by atoms with Gasteiger partial charge >= 0.3 is 0 Å². The molecule has 1 unspecified atom stereocenters. The van der Waals surface area contributed by atoms with Crippen LogP contribution in [0.4, 0.5) is 0 Å². The molecular weight excluding hydrogens is 282 g/mol. The molecule has 0 aromatic heterocycles. The number of ether oxygens (including phenoxy) is 1. The molecule has 0 radical (unpaired) electrons. The van der Waals surface area contributed by atoms with Crippen molar-refractivity contribution < 1.29 is 4.74 Å². The Hall–Kier alpha value is -1.64. The lowest BCUT2D eigenvalue weighted by Gasteiger charge is -2.45. The highest BCUT2D eigenvalue weighted by molar-refractivity contribution is 5.15. The molecule has 23 heavy (non-hydrogen) atoms. The zero-order valence-corrected chi connectivity index (χ0v) is 14.2. The van der Waals surface area contributed by atoms with Crippen molar-refractivity contribution in [2.75, 3.05) is 6.54 Å². The molecule has 2 nitrogen and oxygen atoms in total. The van der Waals surface area contributed by atoms with Gasteiger partial charge in [0.1, 0.15) is 0 Å². The molecule has 3 rings (SSSR count). The minimum atomic E-state index is 0.239. The first-order chi connectivity index (χ1) is 11.1. The Morgan fingerprint density at radius 2 is 1.57 bits per heavy atom. The van der Waals surface area contributed by atoms with Gasteiger partial charge in [0.25, 0.3) is 0 Å². The SMILES string of the molecule is CC1(C)CCC(OCc2ccccc2)CN1Cc1ccccc1. The van der Waals surface area contributed by atoms with Crippen LogP contribution in [0.5, 0.6) is 0 Å². The predicted molar refractivity (Wildman–Crippen MR) is 95.2 cm³/mol. The zero-order chi connectivity index (χ0) is 16.1. The van der Waals surface area contributed by atoms with Crippen molar-refractivity contribution in [3.05, 3.63) is 71.8 Å². The van der Waals surface area contributed by atoms with E-state index in [2.05, 4.69) is 73.3 Å². The topological polar surface area (TPSA) is 12.5 Å². The van der Waals surface area contributed by atoms with Crippen LogP contribution < -0.4 is 0 Å². The second-order valence-corrected chi connectivity index (χ2v) is 7.14. The Labute approximate surface area is 140 Å². The summed E-state index contributed by atoms with van der Waals surface area (Å²) in [5, 5.41) is 0. The molecule has 1 saturated heterocycles. The monoisotopic (exact) mass is 309 g/mol. The zero-order valence-electron chi connectivity index (χ0n) is 14.2. The van der Waals surface area contributed by atoms with Crippen molar-refractivity contribution in [1.82, 2.24) is 4.90 Å². The molecule has 0 spiro atoms. The highest BCUT2D eigenvalue weighted by Gasteiger charge is 2.34. The lowest BCUT2D eigenvalue weighted by Crippen LogP contribution is -2.52. The summed E-state index contributed by atoms with van der Waals surface area (Å²) in [6.45, 7) is 7.42. The van der Waals surface area contributed by atoms with E-state index in [-0.39, 0.29) is 5.54 Å². The average molecular weight is 309 g/mol. The van der Waals surface area contributed by atoms with Gasteiger partial charge in [0.2, 0.25) is 0 Å². The van der Waals surface area contributed by atoms with Gasteiger partial charge in [-0.05, 0) is 37.8 Å². The second-order valence-electron chi connectivity index (χ2n) is 7.14. The standard InChI is InChI=1S/C21H27NO/c1-21(2)14-13-20(23-17-19-11-7-4-8-12-19)16-22(21)15-18-9-5-3-6-10-18/h3-12,20H,13-17H2,1-2H3. The minimum Gasteiger partial charge on any atom is -0.372 e. The normalized spacial score (nSPS) is 21.2. The molecule has 0 N–H and O–H groups in total. The fourth-order valence-corrected chi connectivity index (χ4v) is 3.26. The molecule has 1 fully saturated rings. The number of benzene rings is 2. The summed E-state index contributed by atoms with van der Waals surface area (Å²) in [4.78, 5) is 2.57. The number of hydrogen-bond acceptors (Lipinski definition) is 2. The highest BCUT2D eigenvalue weighted by Crippen LogP contribution is 2.30. The molecule has 1 aliphatic heterocycles. The lowest BCUT2D eigenvalue weighted by atomic mass is 9.88. The third kappa shape index (κ3) is 4.43. The van der Waals surface area contributed by atoms with Gasteiger partial charge in [0.05, 0.1) is 12.7 Å². The minimum absolute atomic E-state index is 0.239. The Balaban J connectivity index is 1.59. The summed E-state index contributed by atoms with van der Waals surface area (Å²) in [5.41, 5.74) is 2.87. The van der Waals surface area contributed by atoms with Crippen molar-refractivity contribution >= 4 is 0 Å². The highest BCUT2D eigenvalue weighted by atomic mass is 16.5. The van der Waals surface area contributed by atoms with Gasteiger partial charge in [0, 0.05) is 18.6 Å². The number of piperidine rings is 1. The summed E-state index contributed by atoms with van der Waals surface area (Å²) in [6, 6.07) is 21.2. The fraction of sp³-hybridized carbons (Fsp3) is 0.429. The van der Waals surface area contributed by atoms with E-state index in [1.54, 1.807) is 0 Å². The smallest absolute Gasteiger partial charge is 0.0721 e. The Kier molecular flexibility index (Phi) is 5.14. The van der Waals surface area contributed by atoms with Crippen molar-refractivity contribution in [3.63, 3.8) is 0 Å².